The van der Waals surface area contributed by atoms with Crippen LogP contribution in [0.25, 0.3) is 22.3 Å². The summed E-state index contributed by atoms with van der Waals surface area (Å²) in [4.78, 5) is 8.70. The van der Waals surface area contributed by atoms with Crippen molar-refractivity contribution in [1.82, 2.24) is 19.7 Å². The number of benzene rings is 3. The molecule has 1 fully saturated rings. The fourth-order valence-electron chi connectivity index (χ4n) is 4.96. The molecule has 7 nitrogen and oxygen atoms in total. The Kier molecular flexibility index (Phi) is 6.71. The number of nitrogen functional groups attached to an aromatic ring is 1. The average Bonchev–Trinajstić information content (AvgIpc) is 3.34. The minimum Gasteiger partial charge on any atom is -0.457 e. The van der Waals surface area contributed by atoms with Crippen molar-refractivity contribution >= 4 is 16.9 Å². The van der Waals surface area contributed by atoms with Crippen molar-refractivity contribution in [1.29, 1.82) is 0 Å². The Balaban J connectivity index is 1.24. The Morgan fingerprint density at radius 1 is 0.895 bits per heavy atom. The third-order valence-corrected chi connectivity index (χ3v) is 6.89. The van der Waals surface area contributed by atoms with E-state index in [4.69, 9.17) is 20.3 Å². The highest BCUT2D eigenvalue weighted by Crippen LogP contribution is 2.35. The molecule has 0 atom stereocenters. The number of rotatable bonds is 7. The van der Waals surface area contributed by atoms with Gasteiger partial charge in [-0.05, 0) is 73.2 Å². The molecule has 1 saturated heterocycles. The SMILES string of the molecule is Nc1ncnc2c1c(-c1ccc(Oc3cc(F)cc(CCc4ccccc4)c3)cc1)nn2C1CCOCC1. The molecule has 192 valence electrons. The molecule has 1 aliphatic rings. The molecule has 0 bridgehead atoms. The van der Waals surface area contributed by atoms with Gasteiger partial charge in [-0.1, -0.05) is 30.3 Å². The average molecular weight is 510 g/mol. The van der Waals surface area contributed by atoms with Gasteiger partial charge in [-0.3, -0.25) is 0 Å². The Bertz CT molecular complexity index is 1550. The zero-order valence-electron chi connectivity index (χ0n) is 20.9. The second-order valence-corrected chi connectivity index (χ2v) is 9.50. The topological polar surface area (TPSA) is 88.1 Å². The van der Waals surface area contributed by atoms with Crippen LogP contribution in [0.4, 0.5) is 10.2 Å². The normalized spacial score (nSPS) is 14.1. The summed E-state index contributed by atoms with van der Waals surface area (Å²) in [5, 5.41) is 5.65. The highest BCUT2D eigenvalue weighted by Gasteiger charge is 2.24. The number of fused-ring (bicyclic) bond motifs is 1. The van der Waals surface area contributed by atoms with Gasteiger partial charge in [0.05, 0.1) is 11.4 Å². The van der Waals surface area contributed by atoms with E-state index in [-0.39, 0.29) is 11.9 Å². The van der Waals surface area contributed by atoms with Gasteiger partial charge in [-0.15, -0.1) is 0 Å². The van der Waals surface area contributed by atoms with Crippen LogP contribution in [0, 0.1) is 5.82 Å². The highest BCUT2D eigenvalue weighted by atomic mass is 19.1. The molecule has 3 aromatic carbocycles. The Labute approximate surface area is 220 Å². The molecule has 3 heterocycles. The Morgan fingerprint density at radius 3 is 2.45 bits per heavy atom. The molecule has 0 radical (unpaired) electrons. The van der Waals surface area contributed by atoms with Gasteiger partial charge >= 0.3 is 0 Å². The van der Waals surface area contributed by atoms with Crippen LogP contribution < -0.4 is 10.5 Å². The first-order chi connectivity index (χ1) is 18.6. The molecule has 2 aromatic heterocycles. The number of ether oxygens (including phenoxy) is 2. The lowest BCUT2D eigenvalue weighted by molar-refractivity contribution is 0.0674. The van der Waals surface area contributed by atoms with Crippen LogP contribution in [0.3, 0.4) is 0 Å². The summed E-state index contributed by atoms with van der Waals surface area (Å²) in [6.45, 7) is 1.39. The van der Waals surface area contributed by atoms with Crippen molar-refractivity contribution in [3.05, 3.63) is 96.1 Å². The second-order valence-electron chi connectivity index (χ2n) is 9.50. The predicted octanol–water partition coefficient (Wildman–Crippen LogP) is 6.14. The number of aromatic nitrogens is 4. The number of anilines is 1. The summed E-state index contributed by atoms with van der Waals surface area (Å²) < 4.78 is 27.9. The molecular formula is C30H28FN5O2. The lowest BCUT2D eigenvalue weighted by Crippen LogP contribution is -2.20. The van der Waals surface area contributed by atoms with Crippen LogP contribution in [0.5, 0.6) is 11.5 Å². The summed E-state index contributed by atoms with van der Waals surface area (Å²) >= 11 is 0. The van der Waals surface area contributed by atoms with Gasteiger partial charge in [0, 0.05) is 24.8 Å². The van der Waals surface area contributed by atoms with Crippen molar-refractivity contribution < 1.29 is 13.9 Å². The molecule has 0 spiro atoms. The second kappa shape index (κ2) is 10.6. The highest BCUT2D eigenvalue weighted by molar-refractivity contribution is 5.98. The van der Waals surface area contributed by atoms with Gasteiger partial charge in [0.15, 0.2) is 5.65 Å². The fraction of sp³-hybridized carbons (Fsp3) is 0.233. The van der Waals surface area contributed by atoms with Crippen LogP contribution in [0.2, 0.25) is 0 Å². The lowest BCUT2D eigenvalue weighted by atomic mass is 10.0. The number of hydrogen-bond acceptors (Lipinski definition) is 6. The van der Waals surface area contributed by atoms with Gasteiger partial charge < -0.3 is 15.2 Å². The van der Waals surface area contributed by atoms with E-state index in [9.17, 15) is 4.39 Å². The van der Waals surface area contributed by atoms with Crippen LogP contribution >= 0.6 is 0 Å². The third kappa shape index (κ3) is 5.08. The summed E-state index contributed by atoms with van der Waals surface area (Å²) in [5.74, 6) is 1.15. The standard InChI is InChI=1S/C30H28FN5O2/c31-23-16-21(7-6-20-4-2-1-3-5-20)17-26(18-23)38-25-10-8-22(9-11-25)28-27-29(32)33-19-34-30(27)36(35-28)24-12-14-37-15-13-24/h1-5,8-11,16-19,24H,6-7,12-15H2,(H2,32,33,34). The summed E-state index contributed by atoms with van der Waals surface area (Å²) in [6, 6.07) is 22.8. The van der Waals surface area contributed by atoms with Gasteiger partial charge in [0.25, 0.3) is 0 Å². The fourth-order valence-corrected chi connectivity index (χ4v) is 4.96. The maximum Gasteiger partial charge on any atom is 0.164 e. The van der Waals surface area contributed by atoms with Gasteiger partial charge in [-0.2, -0.15) is 5.10 Å². The zero-order chi connectivity index (χ0) is 25.9. The predicted molar refractivity (Wildman–Crippen MR) is 145 cm³/mol. The van der Waals surface area contributed by atoms with E-state index in [0.29, 0.717) is 30.5 Å². The van der Waals surface area contributed by atoms with Gasteiger partial charge in [0.2, 0.25) is 0 Å². The van der Waals surface area contributed by atoms with E-state index < -0.39 is 0 Å². The number of hydrogen-bond donors (Lipinski definition) is 1. The first-order valence-electron chi connectivity index (χ1n) is 12.8. The monoisotopic (exact) mass is 509 g/mol. The zero-order valence-corrected chi connectivity index (χ0v) is 20.9. The Morgan fingerprint density at radius 2 is 1.66 bits per heavy atom. The first kappa shape index (κ1) is 24.1. The van der Waals surface area contributed by atoms with Crippen LogP contribution in [0.15, 0.2) is 79.1 Å². The molecule has 5 aromatic rings. The van der Waals surface area contributed by atoms with Crippen molar-refractivity contribution in [2.24, 2.45) is 0 Å². The maximum absolute atomic E-state index is 14.4. The number of halogens is 1. The minimum absolute atomic E-state index is 0.195. The maximum atomic E-state index is 14.4. The molecule has 8 heteroatoms. The van der Waals surface area contributed by atoms with Crippen molar-refractivity contribution in [2.75, 3.05) is 18.9 Å². The Hall–Kier alpha value is -4.30. The van der Waals surface area contributed by atoms with E-state index in [1.807, 2.05) is 53.2 Å². The van der Waals surface area contributed by atoms with Crippen molar-refractivity contribution in [3.63, 3.8) is 0 Å². The summed E-state index contributed by atoms with van der Waals surface area (Å²) in [7, 11) is 0. The molecule has 0 aliphatic carbocycles. The molecular weight excluding hydrogens is 481 g/mol. The van der Waals surface area contributed by atoms with Gasteiger partial charge in [-0.25, -0.2) is 19.0 Å². The number of nitrogens with zero attached hydrogens (tertiary/aromatic N) is 4. The van der Waals surface area contributed by atoms with Gasteiger partial charge in [0.1, 0.15) is 35.2 Å². The molecule has 0 amide bonds. The summed E-state index contributed by atoms with van der Waals surface area (Å²) in [5.41, 5.74) is 10.7. The first-order valence-corrected chi connectivity index (χ1v) is 12.8. The number of nitrogens with two attached hydrogens (primary N) is 1. The minimum atomic E-state index is -0.317. The van der Waals surface area contributed by atoms with E-state index in [0.717, 1.165) is 53.5 Å². The largest absolute Gasteiger partial charge is 0.457 e. The van der Waals surface area contributed by atoms with Crippen molar-refractivity contribution in [3.8, 4) is 22.8 Å². The van der Waals surface area contributed by atoms with E-state index in [2.05, 4.69) is 22.1 Å². The smallest absolute Gasteiger partial charge is 0.164 e. The summed E-state index contributed by atoms with van der Waals surface area (Å²) in [6.07, 6.45) is 4.77. The number of aryl methyl sites for hydroxylation is 2. The van der Waals surface area contributed by atoms with Crippen LogP contribution in [0.1, 0.15) is 30.0 Å². The van der Waals surface area contributed by atoms with Crippen molar-refractivity contribution in [2.45, 2.75) is 31.7 Å². The van der Waals surface area contributed by atoms with Crippen LogP contribution in [-0.4, -0.2) is 33.0 Å². The molecule has 6 rings (SSSR count). The van der Waals surface area contributed by atoms with E-state index >= 15 is 0 Å². The molecule has 2 N–H and O–H groups in total. The molecule has 1 aliphatic heterocycles. The molecule has 0 unspecified atom stereocenters. The van der Waals surface area contributed by atoms with E-state index in [1.54, 1.807) is 6.07 Å². The van der Waals surface area contributed by atoms with E-state index in [1.165, 1.54) is 18.0 Å². The lowest BCUT2D eigenvalue weighted by Gasteiger charge is -2.22. The molecule has 0 saturated carbocycles. The third-order valence-electron chi connectivity index (χ3n) is 6.89. The quantitative estimate of drug-likeness (QED) is 0.283. The molecule has 38 heavy (non-hydrogen) atoms. The van der Waals surface area contributed by atoms with Crippen LogP contribution in [-0.2, 0) is 17.6 Å².